The number of amides is 1. The van der Waals surface area contributed by atoms with Gasteiger partial charge in [0.25, 0.3) is 11.6 Å². The average Bonchev–Trinajstić information content (AvgIpc) is 2.40. The lowest BCUT2D eigenvalue weighted by atomic mass is 10.2. The van der Waals surface area contributed by atoms with Crippen molar-refractivity contribution in [2.45, 2.75) is 0 Å². The molecule has 0 aromatic heterocycles. The summed E-state index contributed by atoms with van der Waals surface area (Å²) in [6.07, 6.45) is 0. The number of hydrogen-bond donors (Lipinski definition) is 1. The lowest BCUT2D eigenvalue weighted by molar-refractivity contribution is -0.384. The Kier molecular flexibility index (Phi) is 5.43. The van der Waals surface area contributed by atoms with E-state index < -0.39 is 4.92 Å². The predicted molar refractivity (Wildman–Crippen MR) is 82.9 cm³/mol. The van der Waals surface area contributed by atoms with Gasteiger partial charge in [-0.25, -0.2) is 0 Å². The lowest BCUT2D eigenvalue weighted by Gasteiger charge is -2.04. The second kappa shape index (κ2) is 6.83. The van der Waals surface area contributed by atoms with E-state index in [9.17, 15) is 14.9 Å². The number of non-ortho nitro benzene ring substituents is 1. The van der Waals surface area contributed by atoms with Gasteiger partial charge in [0.05, 0.1) is 4.92 Å². The first kappa shape index (κ1) is 15.1. The highest BCUT2D eigenvalue weighted by molar-refractivity contribution is 14.0. The first-order chi connectivity index (χ1) is 8.66. The number of benzene rings is 2. The van der Waals surface area contributed by atoms with Crippen LogP contribution in [0.2, 0.25) is 0 Å². The minimum atomic E-state index is -0.483. The molecule has 0 spiro atoms. The Morgan fingerprint density at radius 3 is 2.11 bits per heavy atom. The zero-order valence-corrected chi connectivity index (χ0v) is 12.1. The van der Waals surface area contributed by atoms with Crippen LogP contribution in [0.4, 0.5) is 11.4 Å². The first-order valence-electron chi connectivity index (χ1n) is 5.27. The Bertz CT molecular complexity index is 570. The van der Waals surface area contributed by atoms with Crippen molar-refractivity contribution in [2.75, 3.05) is 5.32 Å². The van der Waals surface area contributed by atoms with E-state index in [-0.39, 0.29) is 35.6 Å². The molecule has 5 nitrogen and oxygen atoms in total. The maximum atomic E-state index is 11.8. The van der Waals surface area contributed by atoms with E-state index >= 15 is 0 Å². The number of nitro groups is 1. The van der Waals surface area contributed by atoms with Gasteiger partial charge in [-0.3, -0.25) is 14.9 Å². The fraction of sp³-hybridized carbons (Fsp3) is 0. The Labute approximate surface area is 126 Å². The summed E-state index contributed by atoms with van der Waals surface area (Å²) in [5, 5.41) is 13.1. The summed E-state index contributed by atoms with van der Waals surface area (Å²) in [5.41, 5.74) is 1.05. The van der Waals surface area contributed by atoms with E-state index in [0.29, 0.717) is 11.3 Å². The van der Waals surface area contributed by atoms with E-state index in [2.05, 4.69) is 5.32 Å². The van der Waals surface area contributed by atoms with Gasteiger partial charge < -0.3 is 5.32 Å². The number of nitro benzene ring substituents is 1. The van der Waals surface area contributed by atoms with Gasteiger partial charge >= 0.3 is 0 Å². The van der Waals surface area contributed by atoms with Gasteiger partial charge in [-0.15, -0.1) is 24.0 Å². The maximum absolute atomic E-state index is 11.8. The molecule has 0 radical (unpaired) electrons. The molecular weight excluding hydrogens is 359 g/mol. The highest BCUT2D eigenvalue weighted by Crippen LogP contribution is 2.16. The minimum Gasteiger partial charge on any atom is -0.322 e. The molecule has 0 aliphatic heterocycles. The molecule has 0 aliphatic rings. The third-order valence-electron chi connectivity index (χ3n) is 2.37. The summed E-state index contributed by atoms with van der Waals surface area (Å²) in [6.45, 7) is 0. The van der Waals surface area contributed by atoms with Crippen LogP contribution < -0.4 is 5.32 Å². The number of anilines is 1. The third-order valence-corrected chi connectivity index (χ3v) is 2.37. The first-order valence-corrected chi connectivity index (χ1v) is 5.27. The van der Waals surface area contributed by atoms with Crippen LogP contribution in [0, 0.1) is 10.1 Å². The van der Waals surface area contributed by atoms with Crippen LogP contribution in [0.1, 0.15) is 10.4 Å². The molecule has 98 valence electrons. The quantitative estimate of drug-likeness (QED) is 0.511. The predicted octanol–water partition coefficient (Wildman–Crippen LogP) is 3.47. The second-order valence-electron chi connectivity index (χ2n) is 3.62. The normalized spacial score (nSPS) is 9.26. The van der Waals surface area contributed by atoms with Gasteiger partial charge in [0.1, 0.15) is 0 Å². The molecule has 0 saturated heterocycles. The van der Waals surface area contributed by atoms with Crippen LogP contribution in [0.25, 0.3) is 0 Å². The van der Waals surface area contributed by atoms with Crippen molar-refractivity contribution in [1.29, 1.82) is 0 Å². The molecule has 2 rings (SSSR count). The molecule has 1 amide bonds. The average molecular weight is 370 g/mol. The molecule has 0 unspecified atom stereocenters. The van der Waals surface area contributed by atoms with Crippen molar-refractivity contribution in [1.82, 2.24) is 0 Å². The monoisotopic (exact) mass is 370 g/mol. The molecule has 19 heavy (non-hydrogen) atoms. The number of nitrogens with one attached hydrogen (secondary N) is 1. The van der Waals surface area contributed by atoms with Crippen molar-refractivity contribution < 1.29 is 9.72 Å². The van der Waals surface area contributed by atoms with E-state index in [0.717, 1.165) is 0 Å². The minimum absolute atomic E-state index is 0. The molecule has 2 aromatic carbocycles. The summed E-state index contributed by atoms with van der Waals surface area (Å²) in [4.78, 5) is 21.8. The summed E-state index contributed by atoms with van der Waals surface area (Å²) in [6, 6.07) is 14.4. The molecule has 2 aromatic rings. The number of carbonyl (C=O) groups excluding carboxylic acids is 1. The van der Waals surface area contributed by atoms with Gasteiger partial charge in [-0.05, 0) is 24.3 Å². The highest BCUT2D eigenvalue weighted by atomic mass is 127. The van der Waals surface area contributed by atoms with Crippen LogP contribution in [0.3, 0.4) is 0 Å². The number of hydrogen-bond acceptors (Lipinski definition) is 3. The van der Waals surface area contributed by atoms with E-state index in [1.54, 1.807) is 24.3 Å². The van der Waals surface area contributed by atoms with Crippen LogP contribution in [0.15, 0.2) is 54.6 Å². The third kappa shape index (κ3) is 4.02. The van der Waals surface area contributed by atoms with E-state index in [4.69, 9.17) is 0 Å². The van der Waals surface area contributed by atoms with Crippen LogP contribution in [-0.4, -0.2) is 10.8 Å². The van der Waals surface area contributed by atoms with Crippen LogP contribution >= 0.6 is 24.0 Å². The standard InChI is InChI=1S/C13H10N2O3.HI/c16-13(10-4-2-1-3-5-10)14-11-6-8-12(9-7-11)15(17)18;/h1-9H,(H,14,16);1H. The van der Waals surface area contributed by atoms with Gasteiger partial charge in [-0.2, -0.15) is 0 Å². The molecule has 0 bridgehead atoms. The smallest absolute Gasteiger partial charge is 0.269 e. The van der Waals surface area contributed by atoms with Gasteiger partial charge in [0.2, 0.25) is 0 Å². The maximum Gasteiger partial charge on any atom is 0.269 e. The zero-order valence-electron chi connectivity index (χ0n) is 9.78. The second-order valence-corrected chi connectivity index (χ2v) is 3.62. The van der Waals surface area contributed by atoms with E-state index in [1.165, 1.54) is 24.3 Å². The van der Waals surface area contributed by atoms with Crippen molar-refractivity contribution in [2.24, 2.45) is 0 Å². The molecule has 6 heteroatoms. The number of halogens is 1. The molecule has 1 N–H and O–H groups in total. The Morgan fingerprint density at radius 1 is 1.00 bits per heavy atom. The number of carbonyl (C=O) groups is 1. The molecule has 0 aliphatic carbocycles. The molecule has 0 atom stereocenters. The van der Waals surface area contributed by atoms with Crippen molar-refractivity contribution in [3.63, 3.8) is 0 Å². The topological polar surface area (TPSA) is 72.2 Å². The van der Waals surface area contributed by atoms with Crippen LogP contribution in [0.5, 0.6) is 0 Å². The SMILES string of the molecule is I.O=C(Nc1ccc([N+](=O)[O-])cc1)c1ccccc1. The molecule has 0 saturated carbocycles. The molecule has 0 heterocycles. The molecular formula is C13H11IN2O3. The Morgan fingerprint density at radius 2 is 1.58 bits per heavy atom. The van der Waals surface area contributed by atoms with Gasteiger partial charge in [-0.1, -0.05) is 18.2 Å². The van der Waals surface area contributed by atoms with Crippen molar-refractivity contribution in [3.05, 3.63) is 70.3 Å². The summed E-state index contributed by atoms with van der Waals surface area (Å²) < 4.78 is 0. The number of nitrogens with zero attached hydrogens (tertiary/aromatic N) is 1. The van der Waals surface area contributed by atoms with Gasteiger partial charge in [0.15, 0.2) is 0 Å². The Hall–Kier alpha value is -1.96. The largest absolute Gasteiger partial charge is 0.322 e. The fourth-order valence-electron chi connectivity index (χ4n) is 1.46. The van der Waals surface area contributed by atoms with Crippen molar-refractivity contribution >= 4 is 41.3 Å². The zero-order chi connectivity index (χ0) is 13.0. The number of rotatable bonds is 3. The fourth-order valence-corrected chi connectivity index (χ4v) is 1.46. The van der Waals surface area contributed by atoms with E-state index in [1.807, 2.05) is 6.07 Å². The highest BCUT2D eigenvalue weighted by Gasteiger charge is 2.07. The Balaban J connectivity index is 0.00000180. The lowest BCUT2D eigenvalue weighted by Crippen LogP contribution is -2.11. The van der Waals surface area contributed by atoms with Crippen LogP contribution in [-0.2, 0) is 0 Å². The summed E-state index contributed by atoms with van der Waals surface area (Å²) >= 11 is 0. The summed E-state index contributed by atoms with van der Waals surface area (Å²) in [7, 11) is 0. The summed E-state index contributed by atoms with van der Waals surface area (Å²) in [5.74, 6) is -0.246. The van der Waals surface area contributed by atoms with Crippen molar-refractivity contribution in [3.8, 4) is 0 Å². The van der Waals surface area contributed by atoms with Gasteiger partial charge in [0, 0.05) is 23.4 Å². The molecule has 0 fully saturated rings.